The summed E-state index contributed by atoms with van der Waals surface area (Å²) in [5.41, 5.74) is 12.8. The van der Waals surface area contributed by atoms with Crippen molar-refractivity contribution in [2.45, 2.75) is 13.8 Å². The largest absolute Gasteiger partial charge is 0.399 e. The van der Waals surface area contributed by atoms with Crippen molar-refractivity contribution in [1.29, 1.82) is 0 Å². The first-order chi connectivity index (χ1) is 9.72. The van der Waals surface area contributed by atoms with Gasteiger partial charge < -0.3 is 21.3 Å². The molecule has 0 fully saturated rings. The Morgan fingerprint density at radius 1 is 1.24 bits per heavy atom. The summed E-state index contributed by atoms with van der Waals surface area (Å²) in [5, 5.41) is 0. The highest BCUT2D eigenvalue weighted by Gasteiger charge is 2.20. The molecular formula is C15H24N4O2. The van der Waals surface area contributed by atoms with Gasteiger partial charge in [-0.05, 0) is 24.1 Å². The molecule has 0 bridgehead atoms. The van der Waals surface area contributed by atoms with E-state index < -0.39 is 5.91 Å². The van der Waals surface area contributed by atoms with Crippen molar-refractivity contribution in [3.05, 3.63) is 23.8 Å². The lowest BCUT2D eigenvalue weighted by Gasteiger charge is -2.28. The van der Waals surface area contributed by atoms with Crippen molar-refractivity contribution in [1.82, 2.24) is 4.90 Å². The summed E-state index contributed by atoms with van der Waals surface area (Å²) < 4.78 is 0. The monoisotopic (exact) mass is 292 g/mol. The summed E-state index contributed by atoms with van der Waals surface area (Å²) >= 11 is 0. The van der Waals surface area contributed by atoms with Crippen LogP contribution in [0.25, 0.3) is 0 Å². The summed E-state index contributed by atoms with van der Waals surface area (Å²) in [6, 6.07) is 5.07. The summed E-state index contributed by atoms with van der Waals surface area (Å²) in [5.74, 6) is -0.266. The Morgan fingerprint density at radius 3 is 2.33 bits per heavy atom. The fourth-order valence-corrected chi connectivity index (χ4v) is 2.11. The molecule has 6 nitrogen and oxygen atoms in total. The minimum Gasteiger partial charge on any atom is -0.399 e. The van der Waals surface area contributed by atoms with Gasteiger partial charge in [-0.25, -0.2) is 0 Å². The number of hydrogen-bond donors (Lipinski definition) is 2. The molecule has 0 atom stereocenters. The van der Waals surface area contributed by atoms with Crippen molar-refractivity contribution in [2.24, 2.45) is 11.7 Å². The average Bonchev–Trinajstić information content (AvgIpc) is 2.35. The molecule has 0 saturated heterocycles. The SMILES string of the molecule is CC(C)CN(CC(N)=O)c1cc(N)ccc1C(=O)N(C)C. The first-order valence-corrected chi connectivity index (χ1v) is 6.86. The molecule has 0 radical (unpaired) electrons. The van der Waals surface area contributed by atoms with Gasteiger partial charge in [0.1, 0.15) is 0 Å². The molecule has 1 aromatic carbocycles. The Balaban J connectivity index is 3.30. The maximum absolute atomic E-state index is 12.3. The highest BCUT2D eigenvalue weighted by molar-refractivity contribution is 6.00. The first kappa shape index (κ1) is 16.8. The van der Waals surface area contributed by atoms with Crippen molar-refractivity contribution in [3.8, 4) is 0 Å². The number of hydrogen-bond acceptors (Lipinski definition) is 4. The molecule has 21 heavy (non-hydrogen) atoms. The fourth-order valence-electron chi connectivity index (χ4n) is 2.11. The Hall–Kier alpha value is -2.24. The van der Waals surface area contributed by atoms with E-state index in [9.17, 15) is 9.59 Å². The van der Waals surface area contributed by atoms with E-state index in [1.54, 1.807) is 37.2 Å². The van der Waals surface area contributed by atoms with Crippen molar-refractivity contribution < 1.29 is 9.59 Å². The van der Waals surface area contributed by atoms with Gasteiger partial charge in [0.2, 0.25) is 5.91 Å². The number of nitrogens with two attached hydrogens (primary N) is 2. The Morgan fingerprint density at radius 2 is 1.86 bits per heavy atom. The number of primary amides is 1. The molecule has 116 valence electrons. The molecule has 0 heterocycles. The van der Waals surface area contributed by atoms with Gasteiger partial charge in [-0.1, -0.05) is 13.8 Å². The van der Waals surface area contributed by atoms with Gasteiger partial charge in [0.15, 0.2) is 0 Å². The van der Waals surface area contributed by atoms with Crippen LogP contribution in [0.3, 0.4) is 0 Å². The molecule has 2 amide bonds. The predicted octanol–water partition coefficient (Wildman–Crippen LogP) is 0.918. The van der Waals surface area contributed by atoms with Gasteiger partial charge in [0, 0.05) is 26.3 Å². The van der Waals surface area contributed by atoms with Gasteiger partial charge in [0.25, 0.3) is 5.91 Å². The van der Waals surface area contributed by atoms with Crippen molar-refractivity contribution >= 4 is 23.2 Å². The standard InChI is InChI=1S/C15H24N4O2/c1-10(2)8-19(9-14(17)20)13-7-11(16)5-6-12(13)15(21)18(3)4/h5-7,10H,8-9,16H2,1-4H3,(H2,17,20). The van der Waals surface area contributed by atoms with E-state index in [0.29, 0.717) is 29.4 Å². The van der Waals surface area contributed by atoms with Gasteiger partial charge in [-0.3, -0.25) is 9.59 Å². The minimum absolute atomic E-state index is 0.0509. The Bertz CT molecular complexity index is 526. The van der Waals surface area contributed by atoms with E-state index in [0.717, 1.165) is 0 Å². The van der Waals surface area contributed by atoms with E-state index in [4.69, 9.17) is 11.5 Å². The zero-order chi connectivity index (χ0) is 16.2. The van der Waals surface area contributed by atoms with E-state index in [1.807, 2.05) is 13.8 Å². The highest BCUT2D eigenvalue weighted by atomic mass is 16.2. The molecule has 0 aromatic heterocycles. The van der Waals surface area contributed by atoms with Crippen LogP contribution in [0.5, 0.6) is 0 Å². The molecule has 0 saturated carbocycles. The molecule has 1 aromatic rings. The predicted molar refractivity (Wildman–Crippen MR) is 85.1 cm³/mol. The van der Waals surface area contributed by atoms with Gasteiger partial charge in [0.05, 0.1) is 17.8 Å². The number of anilines is 2. The molecule has 1 rings (SSSR count). The van der Waals surface area contributed by atoms with Gasteiger partial charge >= 0.3 is 0 Å². The number of rotatable bonds is 6. The number of amides is 2. The number of carbonyl (C=O) groups is 2. The van der Waals surface area contributed by atoms with Crippen LogP contribution >= 0.6 is 0 Å². The third-order valence-corrected chi connectivity index (χ3v) is 2.93. The second-order valence-electron chi connectivity index (χ2n) is 5.72. The van der Waals surface area contributed by atoms with Crippen molar-refractivity contribution in [3.63, 3.8) is 0 Å². The third-order valence-electron chi connectivity index (χ3n) is 2.93. The molecule has 0 unspecified atom stereocenters. The number of nitrogens with zero attached hydrogens (tertiary/aromatic N) is 2. The lowest BCUT2D eigenvalue weighted by molar-refractivity contribution is -0.116. The van der Waals surface area contributed by atoms with Crippen LogP contribution in [0.1, 0.15) is 24.2 Å². The second-order valence-corrected chi connectivity index (χ2v) is 5.72. The maximum Gasteiger partial charge on any atom is 0.255 e. The normalized spacial score (nSPS) is 10.5. The van der Waals surface area contributed by atoms with Crippen molar-refractivity contribution in [2.75, 3.05) is 37.8 Å². The fraction of sp³-hybridized carbons (Fsp3) is 0.467. The highest BCUT2D eigenvalue weighted by Crippen LogP contribution is 2.25. The maximum atomic E-state index is 12.3. The second kappa shape index (κ2) is 6.97. The Kier molecular flexibility index (Phi) is 5.58. The minimum atomic E-state index is -0.443. The van der Waals surface area contributed by atoms with Crippen LogP contribution in [0, 0.1) is 5.92 Å². The van der Waals surface area contributed by atoms with Crippen LogP contribution in [0.15, 0.2) is 18.2 Å². The topological polar surface area (TPSA) is 92.7 Å². The average molecular weight is 292 g/mol. The summed E-state index contributed by atoms with van der Waals surface area (Å²) in [6.45, 7) is 4.73. The molecule has 4 N–H and O–H groups in total. The molecule has 0 aliphatic carbocycles. The number of carbonyl (C=O) groups excluding carboxylic acids is 2. The molecule has 6 heteroatoms. The molecule has 0 aliphatic heterocycles. The Labute approximate surface area is 125 Å². The van der Waals surface area contributed by atoms with Gasteiger partial charge in [-0.2, -0.15) is 0 Å². The van der Waals surface area contributed by atoms with E-state index >= 15 is 0 Å². The van der Waals surface area contributed by atoms with Gasteiger partial charge in [-0.15, -0.1) is 0 Å². The third kappa shape index (κ3) is 4.66. The van der Waals surface area contributed by atoms with Crippen LogP contribution in [0.2, 0.25) is 0 Å². The number of nitrogen functional groups attached to an aromatic ring is 1. The summed E-state index contributed by atoms with van der Waals surface area (Å²) in [4.78, 5) is 26.9. The van der Waals surface area contributed by atoms with Crippen LogP contribution in [-0.4, -0.2) is 43.9 Å². The lowest BCUT2D eigenvalue weighted by Crippen LogP contribution is -2.38. The molecule has 0 aliphatic rings. The quantitative estimate of drug-likeness (QED) is 0.762. The van der Waals surface area contributed by atoms with E-state index in [1.165, 1.54) is 4.90 Å². The zero-order valence-electron chi connectivity index (χ0n) is 13.1. The smallest absolute Gasteiger partial charge is 0.255 e. The molecular weight excluding hydrogens is 268 g/mol. The van der Waals surface area contributed by atoms with Crippen LogP contribution in [-0.2, 0) is 4.79 Å². The zero-order valence-corrected chi connectivity index (χ0v) is 13.1. The summed E-state index contributed by atoms with van der Waals surface area (Å²) in [6.07, 6.45) is 0. The lowest BCUT2D eigenvalue weighted by atomic mass is 10.1. The van der Waals surface area contributed by atoms with Crippen LogP contribution < -0.4 is 16.4 Å². The van der Waals surface area contributed by atoms with E-state index in [2.05, 4.69) is 0 Å². The van der Waals surface area contributed by atoms with Crippen LogP contribution in [0.4, 0.5) is 11.4 Å². The first-order valence-electron chi connectivity index (χ1n) is 6.86. The molecule has 0 spiro atoms. The summed E-state index contributed by atoms with van der Waals surface area (Å²) in [7, 11) is 3.37. The van der Waals surface area contributed by atoms with E-state index in [-0.39, 0.29) is 12.5 Å². The number of benzene rings is 1.